The second-order valence-electron chi connectivity index (χ2n) is 19.9. The van der Waals surface area contributed by atoms with Crippen LogP contribution in [0.25, 0.3) is 0 Å². The van der Waals surface area contributed by atoms with Crippen molar-refractivity contribution in [1.82, 2.24) is 0 Å². The van der Waals surface area contributed by atoms with E-state index in [1.807, 2.05) is 0 Å². The van der Waals surface area contributed by atoms with Crippen LogP contribution in [0.1, 0.15) is 239 Å². The number of aliphatic hydroxyl groups excluding tert-OH is 2. The van der Waals surface area contributed by atoms with Crippen molar-refractivity contribution >= 4 is 23.9 Å². The van der Waals surface area contributed by atoms with Gasteiger partial charge in [-0.2, -0.15) is 0 Å². The molecule has 12 nitrogen and oxygen atoms in total. The third kappa shape index (κ3) is 40.8. The molecule has 0 aromatic carbocycles. The molecule has 1 heterocycles. The molecule has 0 saturated carbocycles. The minimum Gasteiger partial charge on any atom is -0.479 e. The van der Waals surface area contributed by atoms with Gasteiger partial charge in [-0.15, -0.1) is 0 Å². The number of carbonyl (C=O) groups is 4. The van der Waals surface area contributed by atoms with Gasteiger partial charge in [-0.25, -0.2) is 4.79 Å². The number of aliphatic hydroxyl groups is 2. The van der Waals surface area contributed by atoms with Crippen LogP contribution in [0.3, 0.4) is 0 Å². The maximum Gasteiger partial charge on any atom is 0.335 e. The molecule has 75 heavy (non-hydrogen) atoms. The first-order valence-corrected chi connectivity index (χ1v) is 29.6. The molecule has 1 saturated heterocycles. The van der Waals surface area contributed by atoms with Gasteiger partial charge in [0, 0.05) is 19.3 Å². The maximum atomic E-state index is 13.1. The summed E-state index contributed by atoms with van der Waals surface area (Å²) in [4.78, 5) is 51.1. The standard InChI is InChI=1S/C63H104O12/c1-4-7-10-13-16-19-22-25-26-27-28-29-30-33-34-37-40-43-46-49-55(64)71-52-54(73-56(65)50-47-44-41-38-35-31-23-20-17-14-11-8-5-2)53-72-63-61(59(68)58(67)60(75-63)62(69)70)74-57(66)51-48-45-42-39-36-32-24-21-18-15-12-9-6-3/h7,10-11,14,16,19-21,23-26,28-29,54,58-61,63,67-68H,4-6,8-9,12-13,15,17-18,22,27,30-53H2,1-3H3,(H,69,70)/b10-7-,14-11-,19-16-,23-20-,24-21-,26-25-,29-28-. The summed E-state index contributed by atoms with van der Waals surface area (Å²) in [5.74, 6) is -3.17. The molecule has 1 rings (SSSR count). The second kappa shape index (κ2) is 50.7. The minimum absolute atomic E-state index is 0.0446. The Balaban J connectivity index is 2.70. The van der Waals surface area contributed by atoms with Crippen LogP contribution in [-0.2, 0) is 42.9 Å². The summed E-state index contributed by atoms with van der Waals surface area (Å²) in [6, 6.07) is 0. The molecule has 1 aliphatic heterocycles. The van der Waals surface area contributed by atoms with Crippen molar-refractivity contribution in [3.05, 3.63) is 85.1 Å². The quantitative estimate of drug-likeness (QED) is 0.0228. The summed E-state index contributed by atoms with van der Waals surface area (Å²) < 4.78 is 28.4. The number of esters is 3. The highest BCUT2D eigenvalue weighted by atomic mass is 16.7. The third-order valence-corrected chi connectivity index (χ3v) is 12.9. The number of carboxylic acid groups (broad SMARTS) is 1. The van der Waals surface area contributed by atoms with Crippen LogP contribution in [0.5, 0.6) is 0 Å². The zero-order chi connectivity index (χ0) is 54.7. The number of hydrogen-bond donors (Lipinski definition) is 3. The highest BCUT2D eigenvalue weighted by molar-refractivity contribution is 5.74. The van der Waals surface area contributed by atoms with Gasteiger partial charge in [0.15, 0.2) is 24.6 Å². The average molecular weight is 1050 g/mol. The Bertz CT molecular complexity index is 1630. The second-order valence-corrected chi connectivity index (χ2v) is 19.9. The molecule has 1 fully saturated rings. The molecule has 0 aromatic rings. The number of hydrogen-bond acceptors (Lipinski definition) is 11. The molecule has 6 unspecified atom stereocenters. The van der Waals surface area contributed by atoms with Crippen molar-refractivity contribution in [2.75, 3.05) is 13.2 Å². The first-order valence-electron chi connectivity index (χ1n) is 29.6. The van der Waals surface area contributed by atoms with E-state index in [1.54, 1.807) is 0 Å². The van der Waals surface area contributed by atoms with Crippen LogP contribution < -0.4 is 0 Å². The first-order chi connectivity index (χ1) is 36.6. The predicted octanol–water partition coefficient (Wildman–Crippen LogP) is 15.1. The number of allylic oxidation sites excluding steroid dienone is 14. The van der Waals surface area contributed by atoms with Gasteiger partial charge >= 0.3 is 23.9 Å². The molecule has 12 heteroatoms. The summed E-state index contributed by atoms with van der Waals surface area (Å²) >= 11 is 0. The summed E-state index contributed by atoms with van der Waals surface area (Å²) in [5, 5.41) is 31.5. The van der Waals surface area contributed by atoms with E-state index in [2.05, 4.69) is 106 Å². The maximum absolute atomic E-state index is 13.1. The Morgan fingerprint density at radius 3 is 1.35 bits per heavy atom. The van der Waals surface area contributed by atoms with Crippen molar-refractivity contribution in [3.8, 4) is 0 Å². The van der Waals surface area contributed by atoms with E-state index in [1.165, 1.54) is 25.7 Å². The van der Waals surface area contributed by atoms with E-state index < -0.39 is 67.3 Å². The molecule has 0 radical (unpaired) electrons. The molecule has 0 aromatic heterocycles. The molecule has 0 amide bonds. The lowest BCUT2D eigenvalue weighted by atomic mass is 9.98. The van der Waals surface area contributed by atoms with Gasteiger partial charge in [0.05, 0.1) is 6.61 Å². The third-order valence-electron chi connectivity index (χ3n) is 12.9. The molecular formula is C63H104O12. The van der Waals surface area contributed by atoms with Crippen LogP contribution in [-0.4, -0.2) is 89.2 Å². The molecule has 3 N–H and O–H groups in total. The van der Waals surface area contributed by atoms with E-state index in [9.17, 15) is 34.5 Å². The Hall–Kier alpha value is -4.10. The van der Waals surface area contributed by atoms with E-state index >= 15 is 0 Å². The van der Waals surface area contributed by atoms with Crippen LogP contribution in [0.4, 0.5) is 0 Å². The van der Waals surface area contributed by atoms with Crippen molar-refractivity contribution in [3.63, 3.8) is 0 Å². The van der Waals surface area contributed by atoms with E-state index in [-0.39, 0.29) is 25.9 Å². The van der Waals surface area contributed by atoms with Gasteiger partial charge in [-0.3, -0.25) is 14.4 Å². The molecule has 0 aliphatic carbocycles. The lowest BCUT2D eigenvalue weighted by Crippen LogP contribution is -2.61. The van der Waals surface area contributed by atoms with Crippen molar-refractivity contribution < 1.29 is 58.2 Å². The topological polar surface area (TPSA) is 175 Å². The van der Waals surface area contributed by atoms with Crippen LogP contribution >= 0.6 is 0 Å². The summed E-state index contributed by atoms with van der Waals surface area (Å²) in [6.45, 7) is 5.76. The number of rotatable bonds is 49. The monoisotopic (exact) mass is 1050 g/mol. The zero-order valence-corrected chi connectivity index (χ0v) is 47.0. The van der Waals surface area contributed by atoms with Crippen molar-refractivity contribution in [2.45, 2.75) is 276 Å². The first kappa shape index (κ1) is 68.9. The zero-order valence-electron chi connectivity index (χ0n) is 47.0. The summed E-state index contributed by atoms with van der Waals surface area (Å²) in [6.07, 6.45) is 52.6. The van der Waals surface area contributed by atoms with E-state index in [4.69, 9.17) is 23.7 Å². The molecule has 6 atom stereocenters. The van der Waals surface area contributed by atoms with E-state index in [0.29, 0.717) is 19.3 Å². The Morgan fingerprint density at radius 2 is 0.867 bits per heavy atom. The van der Waals surface area contributed by atoms with Crippen molar-refractivity contribution in [2.24, 2.45) is 0 Å². The number of aliphatic carboxylic acids is 1. The van der Waals surface area contributed by atoms with Gasteiger partial charge < -0.3 is 39.0 Å². The summed E-state index contributed by atoms with van der Waals surface area (Å²) in [7, 11) is 0. The number of carboxylic acids is 1. The van der Waals surface area contributed by atoms with Gasteiger partial charge in [0.1, 0.15) is 18.8 Å². The minimum atomic E-state index is -1.91. The van der Waals surface area contributed by atoms with Crippen LogP contribution in [0, 0.1) is 0 Å². The lowest BCUT2D eigenvalue weighted by Gasteiger charge is -2.40. The Morgan fingerprint density at radius 1 is 0.453 bits per heavy atom. The smallest absolute Gasteiger partial charge is 0.335 e. The highest BCUT2D eigenvalue weighted by Crippen LogP contribution is 2.26. The molecule has 428 valence electrons. The van der Waals surface area contributed by atoms with Crippen molar-refractivity contribution in [1.29, 1.82) is 0 Å². The average Bonchev–Trinajstić information content (AvgIpc) is 3.39. The number of unbranched alkanes of at least 4 members (excludes halogenated alkanes) is 21. The van der Waals surface area contributed by atoms with E-state index in [0.717, 1.165) is 154 Å². The highest BCUT2D eigenvalue weighted by Gasteiger charge is 2.50. The summed E-state index contributed by atoms with van der Waals surface area (Å²) in [5.41, 5.74) is 0. The molecule has 1 aliphatic rings. The van der Waals surface area contributed by atoms with Gasteiger partial charge in [0.25, 0.3) is 0 Å². The Kier molecular flexibility index (Phi) is 46.6. The fourth-order valence-electron chi connectivity index (χ4n) is 8.39. The van der Waals surface area contributed by atoms with Crippen LogP contribution in [0.15, 0.2) is 85.1 Å². The largest absolute Gasteiger partial charge is 0.479 e. The lowest BCUT2D eigenvalue weighted by molar-refractivity contribution is -0.301. The van der Waals surface area contributed by atoms with Gasteiger partial charge in [-0.1, -0.05) is 196 Å². The predicted molar refractivity (Wildman–Crippen MR) is 303 cm³/mol. The molecular weight excluding hydrogens is 949 g/mol. The molecule has 0 spiro atoms. The van der Waals surface area contributed by atoms with Crippen LogP contribution in [0.2, 0.25) is 0 Å². The normalized spacial score (nSPS) is 18.8. The SMILES string of the molecule is CC/C=C\C/C=C\C/C=C\C/C=C\CCCCCCCCC(=O)OCC(COC1OC(C(=O)O)C(O)C(O)C1OC(=O)CCCCCCC/C=C\CCCCCC)OC(=O)CCCCCCC/C=C\C/C=C\CCC. The van der Waals surface area contributed by atoms with Gasteiger partial charge in [-0.05, 0) is 109 Å². The fourth-order valence-corrected chi connectivity index (χ4v) is 8.39. The molecule has 0 bridgehead atoms. The van der Waals surface area contributed by atoms with Gasteiger partial charge in [0.2, 0.25) is 0 Å². The Labute approximate surface area is 454 Å². The number of ether oxygens (including phenoxy) is 5. The number of carbonyl (C=O) groups excluding carboxylic acids is 3. The fraction of sp³-hybridized carbons (Fsp3) is 0.714.